The van der Waals surface area contributed by atoms with Gasteiger partial charge in [-0.2, -0.15) is 0 Å². The van der Waals surface area contributed by atoms with Crippen molar-refractivity contribution in [3.8, 4) is 11.4 Å². The normalized spacial score (nSPS) is 12.3. The first-order valence-electron chi connectivity index (χ1n) is 6.90. The van der Waals surface area contributed by atoms with Gasteiger partial charge in [0.15, 0.2) is 5.82 Å². The maximum absolute atomic E-state index is 4.16. The molecule has 0 aliphatic rings. The Bertz CT molecular complexity index is 744. The number of rotatable bonds is 4. The molecule has 0 bridgehead atoms. The Hall–Kier alpha value is -2.14. The van der Waals surface area contributed by atoms with E-state index in [0.717, 1.165) is 17.1 Å². The molecule has 0 spiro atoms. The summed E-state index contributed by atoms with van der Waals surface area (Å²) in [6, 6.07) is 10.7. The maximum atomic E-state index is 4.16. The summed E-state index contributed by atoms with van der Waals surface area (Å²) in [7, 11) is 1.95. The molecule has 3 aromatic rings. The van der Waals surface area contributed by atoms with Crippen molar-refractivity contribution < 1.29 is 0 Å². The van der Waals surface area contributed by atoms with E-state index in [1.54, 1.807) is 17.7 Å². The van der Waals surface area contributed by atoms with E-state index < -0.39 is 0 Å². The van der Waals surface area contributed by atoms with Crippen molar-refractivity contribution in [1.82, 2.24) is 14.8 Å². The second kappa shape index (κ2) is 5.69. The topological polar surface area (TPSA) is 42.7 Å². The van der Waals surface area contributed by atoms with Crippen LogP contribution < -0.4 is 5.32 Å². The van der Waals surface area contributed by atoms with Crippen molar-refractivity contribution in [1.29, 1.82) is 0 Å². The molecule has 1 aromatic carbocycles. The van der Waals surface area contributed by atoms with Gasteiger partial charge >= 0.3 is 0 Å². The number of aryl methyl sites for hydroxylation is 2. The van der Waals surface area contributed by atoms with Gasteiger partial charge in [-0.05, 0) is 43.0 Å². The Morgan fingerprint density at radius 2 is 2.14 bits per heavy atom. The van der Waals surface area contributed by atoms with E-state index in [2.05, 4.69) is 59.0 Å². The molecule has 0 saturated heterocycles. The van der Waals surface area contributed by atoms with Crippen molar-refractivity contribution >= 4 is 17.0 Å². The monoisotopic (exact) mass is 298 g/mol. The summed E-state index contributed by atoms with van der Waals surface area (Å²) < 4.78 is 1.92. The lowest BCUT2D eigenvalue weighted by Gasteiger charge is -2.15. The lowest BCUT2D eigenvalue weighted by Crippen LogP contribution is -2.06. The Morgan fingerprint density at radius 1 is 1.29 bits per heavy atom. The second-order valence-electron chi connectivity index (χ2n) is 5.18. The Kier molecular flexibility index (Phi) is 3.75. The van der Waals surface area contributed by atoms with E-state index in [0.29, 0.717) is 6.04 Å². The van der Waals surface area contributed by atoms with E-state index in [4.69, 9.17) is 0 Å². The van der Waals surface area contributed by atoms with Gasteiger partial charge in [-0.15, -0.1) is 21.5 Å². The van der Waals surface area contributed by atoms with Crippen molar-refractivity contribution in [2.75, 3.05) is 5.32 Å². The number of nitrogens with zero attached hydrogens (tertiary/aromatic N) is 3. The molecule has 2 aromatic heterocycles. The quantitative estimate of drug-likeness (QED) is 0.791. The van der Waals surface area contributed by atoms with E-state index in [1.165, 1.54) is 10.4 Å². The van der Waals surface area contributed by atoms with Gasteiger partial charge < -0.3 is 9.88 Å². The molecule has 0 fully saturated rings. The predicted octanol–water partition coefficient (Wildman–Crippen LogP) is 4.03. The van der Waals surface area contributed by atoms with Crippen molar-refractivity contribution in [3.63, 3.8) is 0 Å². The highest BCUT2D eigenvalue weighted by Crippen LogP contribution is 2.28. The highest BCUT2D eigenvalue weighted by Gasteiger charge is 2.11. The van der Waals surface area contributed by atoms with Crippen LogP contribution in [0.25, 0.3) is 11.4 Å². The summed E-state index contributed by atoms with van der Waals surface area (Å²) in [5.41, 5.74) is 3.50. The summed E-state index contributed by atoms with van der Waals surface area (Å²) in [6.07, 6.45) is 1.72. The predicted molar refractivity (Wildman–Crippen MR) is 87.5 cm³/mol. The van der Waals surface area contributed by atoms with Gasteiger partial charge in [0.05, 0.1) is 6.04 Å². The number of nitrogens with one attached hydrogen (secondary N) is 1. The Balaban J connectivity index is 1.84. The molecule has 0 radical (unpaired) electrons. The van der Waals surface area contributed by atoms with Crippen LogP contribution in [0.2, 0.25) is 0 Å². The average molecular weight is 298 g/mol. The molecular formula is C16H18N4S. The van der Waals surface area contributed by atoms with Crippen LogP contribution in [0.4, 0.5) is 5.69 Å². The molecule has 1 unspecified atom stereocenters. The van der Waals surface area contributed by atoms with Crippen LogP contribution in [-0.4, -0.2) is 14.8 Å². The van der Waals surface area contributed by atoms with E-state index in [-0.39, 0.29) is 0 Å². The second-order valence-corrected chi connectivity index (χ2v) is 6.13. The molecule has 2 heterocycles. The first-order valence-corrected chi connectivity index (χ1v) is 7.78. The van der Waals surface area contributed by atoms with Gasteiger partial charge in [0.1, 0.15) is 6.33 Å². The van der Waals surface area contributed by atoms with Gasteiger partial charge in [0.2, 0.25) is 0 Å². The van der Waals surface area contributed by atoms with Crippen molar-refractivity contribution in [2.45, 2.75) is 19.9 Å². The van der Waals surface area contributed by atoms with Gasteiger partial charge in [0, 0.05) is 23.2 Å². The highest BCUT2D eigenvalue weighted by molar-refractivity contribution is 7.10. The van der Waals surface area contributed by atoms with Crippen LogP contribution in [-0.2, 0) is 7.05 Å². The standard InChI is InChI=1S/C16H18N4S/c1-11-7-8-21-15(11)12(2)18-14-6-4-5-13(9-14)16-19-17-10-20(16)3/h4-10,12,18H,1-3H3. The van der Waals surface area contributed by atoms with E-state index >= 15 is 0 Å². The largest absolute Gasteiger partial charge is 0.378 e. The Morgan fingerprint density at radius 3 is 2.81 bits per heavy atom. The molecule has 3 rings (SSSR count). The summed E-state index contributed by atoms with van der Waals surface area (Å²) in [5, 5.41) is 13.8. The fourth-order valence-corrected chi connectivity index (χ4v) is 3.37. The SMILES string of the molecule is Cc1ccsc1C(C)Nc1cccc(-c2nncn2C)c1. The van der Waals surface area contributed by atoms with Gasteiger partial charge in [-0.25, -0.2) is 0 Å². The molecule has 1 atom stereocenters. The van der Waals surface area contributed by atoms with Crippen LogP contribution in [0.5, 0.6) is 0 Å². The minimum atomic E-state index is 0.291. The maximum Gasteiger partial charge on any atom is 0.163 e. The zero-order valence-corrected chi connectivity index (χ0v) is 13.2. The summed E-state index contributed by atoms with van der Waals surface area (Å²) in [5.74, 6) is 0.874. The van der Waals surface area contributed by atoms with E-state index in [9.17, 15) is 0 Å². The number of anilines is 1. The third-order valence-corrected chi connectivity index (χ3v) is 4.71. The first kappa shape index (κ1) is 13.8. The third kappa shape index (κ3) is 2.83. The van der Waals surface area contributed by atoms with Crippen molar-refractivity contribution in [3.05, 3.63) is 52.5 Å². The molecule has 5 heteroatoms. The van der Waals surface area contributed by atoms with Gasteiger partial charge in [-0.3, -0.25) is 0 Å². The van der Waals surface area contributed by atoms with Crippen LogP contribution in [0.15, 0.2) is 42.0 Å². The molecule has 0 aliphatic heterocycles. The fourth-order valence-electron chi connectivity index (χ4n) is 2.44. The zero-order chi connectivity index (χ0) is 14.8. The minimum Gasteiger partial charge on any atom is -0.378 e. The minimum absolute atomic E-state index is 0.291. The molecule has 21 heavy (non-hydrogen) atoms. The number of benzene rings is 1. The van der Waals surface area contributed by atoms with Gasteiger partial charge in [-0.1, -0.05) is 12.1 Å². The number of aromatic nitrogens is 3. The van der Waals surface area contributed by atoms with E-state index in [1.807, 2.05) is 17.7 Å². The molecule has 4 nitrogen and oxygen atoms in total. The molecular weight excluding hydrogens is 280 g/mol. The molecule has 0 saturated carbocycles. The van der Waals surface area contributed by atoms with Crippen LogP contribution >= 0.6 is 11.3 Å². The molecule has 108 valence electrons. The van der Waals surface area contributed by atoms with Crippen LogP contribution in [0, 0.1) is 6.92 Å². The average Bonchev–Trinajstić information content (AvgIpc) is 3.07. The summed E-state index contributed by atoms with van der Waals surface area (Å²) in [6.45, 7) is 4.34. The first-order chi connectivity index (χ1) is 10.1. The number of hydrogen-bond donors (Lipinski definition) is 1. The fraction of sp³-hybridized carbons (Fsp3) is 0.250. The molecule has 1 N–H and O–H groups in total. The van der Waals surface area contributed by atoms with Crippen molar-refractivity contribution in [2.24, 2.45) is 7.05 Å². The lowest BCUT2D eigenvalue weighted by atomic mass is 10.1. The summed E-state index contributed by atoms with van der Waals surface area (Å²) >= 11 is 1.79. The smallest absolute Gasteiger partial charge is 0.163 e. The number of hydrogen-bond acceptors (Lipinski definition) is 4. The van der Waals surface area contributed by atoms with Crippen LogP contribution in [0.1, 0.15) is 23.4 Å². The number of thiophene rings is 1. The molecule has 0 aliphatic carbocycles. The zero-order valence-electron chi connectivity index (χ0n) is 12.4. The lowest BCUT2D eigenvalue weighted by molar-refractivity contribution is 0.898. The Labute approximate surface area is 128 Å². The van der Waals surface area contributed by atoms with Gasteiger partial charge in [0.25, 0.3) is 0 Å². The highest BCUT2D eigenvalue weighted by atomic mass is 32.1. The molecule has 0 amide bonds. The third-order valence-electron chi connectivity index (χ3n) is 3.51. The van der Waals surface area contributed by atoms with Crippen LogP contribution in [0.3, 0.4) is 0 Å². The summed E-state index contributed by atoms with van der Waals surface area (Å²) in [4.78, 5) is 1.37.